The average Bonchev–Trinajstić information content (AvgIpc) is 1.88. The van der Waals surface area contributed by atoms with Gasteiger partial charge >= 0.3 is 0 Å². The van der Waals surface area contributed by atoms with E-state index in [-0.39, 0.29) is 5.57 Å². The van der Waals surface area contributed by atoms with Crippen LogP contribution < -0.4 is 0 Å². The van der Waals surface area contributed by atoms with Crippen molar-refractivity contribution in [3.05, 3.63) is 36.5 Å². The number of allylic oxidation sites excluding steroid dienone is 4. The lowest BCUT2D eigenvalue weighted by Crippen LogP contribution is -1.83. The van der Waals surface area contributed by atoms with E-state index < -0.39 is 11.7 Å². The normalized spacial score (nSPS) is 11.8. The van der Waals surface area contributed by atoms with E-state index in [1.165, 1.54) is 0 Å². The molecule has 0 aliphatic rings. The SMILES string of the molecule is C=C/C(C(=C)F)=C(\F)C=N. The largest absolute Gasteiger partial charge is 0.306 e. The van der Waals surface area contributed by atoms with Crippen LogP contribution in [-0.4, -0.2) is 6.21 Å². The van der Waals surface area contributed by atoms with Gasteiger partial charge < -0.3 is 5.41 Å². The lowest BCUT2D eigenvalue weighted by Gasteiger charge is -1.94. The van der Waals surface area contributed by atoms with E-state index in [0.717, 1.165) is 6.08 Å². The fourth-order valence-electron chi connectivity index (χ4n) is 0.416. The summed E-state index contributed by atoms with van der Waals surface area (Å²) in [5.41, 5.74) is -0.366. The summed E-state index contributed by atoms with van der Waals surface area (Å²) in [5, 5.41) is 6.42. The number of rotatable bonds is 3. The molecule has 0 saturated carbocycles. The first-order valence-corrected chi connectivity index (χ1v) is 2.51. The molecule has 54 valence electrons. The van der Waals surface area contributed by atoms with Crippen molar-refractivity contribution in [1.82, 2.24) is 0 Å². The van der Waals surface area contributed by atoms with Gasteiger partial charge in [0.1, 0.15) is 5.83 Å². The molecule has 1 nitrogen and oxygen atoms in total. The summed E-state index contributed by atoms with van der Waals surface area (Å²) in [6.07, 6.45) is 1.38. The average molecular weight is 143 g/mol. The molecule has 10 heavy (non-hydrogen) atoms. The Morgan fingerprint density at radius 3 is 2.00 bits per heavy atom. The van der Waals surface area contributed by atoms with Crippen LogP contribution in [0.15, 0.2) is 36.5 Å². The van der Waals surface area contributed by atoms with Crippen LogP contribution in [0, 0.1) is 5.41 Å². The Labute approximate surface area is 57.9 Å². The van der Waals surface area contributed by atoms with Gasteiger partial charge in [0.25, 0.3) is 0 Å². The molecule has 0 bridgehead atoms. The summed E-state index contributed by atoms with van der Waals surface area (Å²) in [7, 11) is 0. The lowest BCUT2D eigenvalue weighted by atomic mass is 10.2. The fourth-order valence-corrected chi connectivity index (χ4v) is 0.416. The molecule has 0 saturated heterocycles. The minimum atomic E-state index is -0.970. The van der Waals surface area contributed by atoms with Crippen LogP contribution >= 0.6 is 0 Å². The van der Waals surface area contributed by atoms with E-state index in [2.05, 4.69) is 13.2 Å². The Kier molecular flexibility index (Phi) is 3.25. The zero-order chi connectivity index (χ0) is 8.15. The number of hydrogen-bond acceptors (Lipinski definition) is 1. The molecule has 0 amide bonds. The zero-order valence-electron chi connectivity index (χ0n) is 5.32. The maximum atomic E-state index is 12.3. The second-order valence-corrected chi connectivity index (χ2v) is 1.51. The molecule has 0 aromatic rings. The quantitative estimate of drug-likeness (QED) is 0.463. The van der Waals surface area contributed by atoms with Crippen LogP contribution in [-0.2, 0) is 0 Å². The minimum absolute atomic E-state index is 0.366. The van der Waals surface area contributed by atoms with Crippen molar-refractivity contribution in [1.29, 1.82) is 5.41 Å². The Morgan fingerprint density at radius 2 is 1.90 bits per heavy atom. The third-order valence-corrected chi connectivity index (χ3v) is 0.880. The Bertz CT molecular complexity index is 204. The molecule has 3 heteroatoms. The Hall–Kier alpha value is -1.25. The van der Waals surface area contributed by atoms with E-state index in [4.69, 9.17) is 5.41 Å². The third kappa shape index (κ3) is 1.93. The van der Waals surface area contributed by atoms with E-state index in [9.17, 15) is 8.78 Å². The molecule has 0 aliphatic carbocycles. The van der Waals surface area contributed by atoms with E-state index in [0.29, 0.717) is 6.21 Å². The molecule has 0 spiro atoms. The van der Waals surface area contributed by atoms with Crippen molar-refractivity contribution < 1.29 is 8.78 Å². The van der Waals surface area contributed by atoms with Crippen LogP contribution in [0.25, 0.3) is 0 Å². The number of hydrogen-bond donors (Lipinski definition) is 1. The second-order valence-electron chi connectivity index (χ2n) is 1.51. The highest BCUT2D eigenvalue weighted by molar-refractivity contribution is 5.76. The highest BCUT2D eigenvalue weighted by atomic mass is 19.1. The monoisotopic (exact) mass is 143 g/mol. The molecule has 0 aromatic heterocycles. The van der Waals surface area contributed by atoms with Crippen molar-refractivity contribution >= 4 is 6.21 Å². The Morgan fingerprint density at radius 1 is 1.40 bits per heavy atom. The maximum absolute atomic E-state index is 12.3. The van der Waals surface area contributed by atoms with Crippen molar-refractivity contribution in [2.45, 2.75) is 0 Å². The van der Waals surface area contributed by atoms with Crippen molar-refractivity contribution in [2.75, 3.05) is 0 Å². The van der Waals surface area contributed by atoms with Gasteiger partial charge in [-0.3, -0.25) is 0 Å². The topological polar surface area (TPSA) is 23.9 Å². The molecule has 0 fully saturated rings. The van der Waals surface area contributed by atoms with Crippen LogP contribution in [0.1, 0.15) is 0 Å². The first-order chi connectivity index (χ1) is 4.63. The molecule has 1 N–H and O–H groups in total. The van der Waals surface area contributed by atoms with Crippen molar-refractivity contribution in [3.8, 4) is 0 Å². The van der Waals surface area contributed by atoms with E-state index in [1.54, 1.807) is 0 Å². The first kappa shape index (κ1) is 8.75. The molecule has 0 rings (SSSR count). The molecule has 0 unspecified atom stereocenters. The molecular weight excluding hydrogens is 136 g/mol. The van der Waals surface area contributed by atoms with Gasteiger partial charge in [-0.25, -0.2) is 8.78 Å². The molecule has 0 aliphatic heterocycles. The summed E-state index contributed by atoms with van der Waals surface area (Å²) in [6.45, 7) is 6.01. The number of nitrogens with one attached hydrogen (secondary N) is 1. The standard InChI is InChI=1S/C7H7F2N/c1-3-6(5(2)8)7(9)4-10/h3-4,10H,1-2H2/b7-6+,10-4?. The highest BCUT2D eigenvalue weighted by Gasteiger charge is 2.02. The second kappa shape index (κ2) is 3.71. The van der Waals surface area contributed by atoms with Gasteiger partial charge in [-0.05, 0) is 0 Å². The summed E-state index contributed by atoms with van der Waals surface area (Å²) >= 11 is 0. The maximum Gasteiger partial charge on any atom is 0.150 e. The molecule has 0 atom stereocenters. The first-order valence-electron chi connectivity index (χ1n) is 2.51. The summed E-state index contributed by atoms with van der Waals surface area (Å²) in [4.78, 5) is 0. The van der Waals surface area contributed by atoms with Crippen LogP contribution in [0.2, 0.25) is 0 Å². The Balaban J connectivity index is 4.79. The molecular formula is C7H7F2N. The van der Waals surface area contributed by atoms with Crippen molar-refractivity contribution in [2.24, 2.45) is 0 Å². The van der Waals surface area contributed by atoms with Gasteiger partial charge in [0.15, 0.2) is 5.83 Å². The smallest absolute Gasteiger partial charge is 0.150 e. The lowest BCUT2D eigenvalue weighted by molar-refractivity contribution is 0.629. The third-order valence-electron chi connectivity index (χ3n) is 0.880. The summed E-state index contributed by atoms with van der Waals surface area (Å²) < 4.78 is 24.4. The van der Waals surface area contributed by atoms with Gasteiger partial charge in [-0.2, -0.15) is 0 Å². The van der Waals surface area contributed by atoms with Crippen LogP contribution in [0.4, 0.5) is 8.78 Å². The predicted octanol–water partition coefficient (Wildman–Crippen LogP) is 2.53. The van der Waals surface area contributed by atoms with E-state index in [1.807, 2.05) is 0 Å². The van der Waals surface area contributed by atoms with Gasteiger partial charge in [0.2, 0.25) is 0 Å². The van der Waals surface area contributed by atoms with Gasteiger partial charge in [-0.15, -0.1) is 0 Å². The minimum Gasteiger partial charge on any atom is -0.306 e. The molecule has 0 aromatic carbocycles. The summed E-state index contributed by atoms with van der Waals surface area (Å²) in [6, 6.07) is 0. The zero-order valence-corrected chi connectivity index (χ0v) is 5.32. The number of halogens is 2. The van der Waals surface area contributed by atoms with Crippen LogP contribution in [0.5, 0.6) is 0 Å². The van der Waals surface area contributed by atoms with E-state index >= 15 is 0 Å². The fraction of sp³-hybridized carbons (Fsp3) is 0. The summed E-state index contributed by atoms with van der Waals surface area (Å²) in [5.74, 6) is -1.89. The van der Waals surface area contributed by atoms with Gasteiger partial charge in [-0.1, -0.05) is 19.2 Å². The van der Waals surface area contributed by atoms with Gasteiger partial charge in [0, 0.05) is 5.57 Å². The molecule has 0 radical (unpaired) electrons. The van der Waals surface area contributed by atoms with Gasteiger partial charge in [0.05, 0.1) is 6.21 Å². The highest BCUT2D eigenvalue weighted by Crippen LogP contribution is 2.14. The van der Waals surface area contributed by atoms with Crippen LogP contribution in [0.3, 0.4) is 0 Å². The predicted molar refractivity (Wildman–Crippen MR) is 37.4 cm³/mol. The van der Waals surface area contributed by atoms with Crippen molar-refractivity contribution in [3.63, 3.8) is 0 Å². The molecule has 0 heterocycles.